The Morgan fingerprint density at radius 2 is 2.17 bits per heavy atom. The van der Waals surface area contributed by atoms with E-state index in [4.69, 9.17) is 0 Å². The van der Waals surface area contributed by atoms with Crippen molar-refractivity contribution in [3.8, 4) is 0 Å². The fraction of sp³-hybridized carbons (Fsp3) is 0.714. The summed E-state index contributed by atoms with van der Waals surface area (Å²) in [4.78, 5) is 10.8. The van der Waals surface area contributed by atoms with Gasteiger partial charge < -0.3 is 5.32 Å². The molecule has 0 bridgehead atoms. The minimum Gasteiger partial charge on any atom is -0.317 e. The van der Waals surface area contributed by atoms with E-state index in [-0.39, 0.29) is 0 Å². The lowest BCUT2D eigenvalue weighted by molar-refractivity contribution is 0.160. The van der Waals surface area contributed by atoms with Crippen LogP contribution in [0.3, 0.4) is 0 Å². The predicted octanol–water partition coefficient (Wildman–Crippen LogP) is 1.69. The molecule has 1 N–H and O–H groups in total. The SMILES string of the molecule is CC(C)N(Cc1ccncn1)CC1CCNCC1. The maximum absolute atomic E-state index is 4.33. The molecule has 0 unspecified atom stereocenters. The van der Waals surface area contributed by atoms with Gasteiger partial charge in [0.2, 0.25) is 0 Å². The van der Waals surface area contributed by atoms with E-state index in [1.54, 1.807) is 6.33 Å². The molecule has 0 spiro atoms. The second-order valence-corrected chi connectivity index (χ2v) is 5.42. The van der Waals surface area contributed by atoms with Crippen LogP contribution in [0.25, 0.3) is 0 Å². The van der Waals surface area contributed by atoms with Gasteiger partial charge in [0.05, 0.1) is 5.69 Å². The Balaban J connectivity index is 1.91. The summed E-state index contributed by atoms with van der Waals surface area (Å²) >= 11 is 0. The van der Waals surface area contributed by atoms with Crippen LogP contribution in [-0.2, 0) is 6.54 Å². The molecule has 0 radical (unpaired) electrons. The van der Waals surface area contributed by atoms with E-state index in [2.05, 4.69) is 34.0 Å². The first-order valence-electron chi connectivity index (χ1n) is 6.95. The first-order chi connectivity index (χ1) is 8.75. The minimum atomic E-state index is 0.565. The number of hydrogen-bond donors (Lipinski definition) is 1. The summed E-state index contributed by atoms with van der Waals surface area (Å²) in [6.45, 7) is 8.99. The van der Waals surface area contributed by atoms with Crippen LogP contribution in [0.4, 0.5) is 0 Å². The monoisotopic (exact) mass is 248 g/mol. The normalized spacial score (nSPS) is 17.6. The van der Waals surface area contributed by atoms with E-state index in [0.29, 0.717) is 6.04 Å². The van der Waals surface area contributed by atoms with Crippen molar-refractivity contribution in [1.29, 1.82) is 0 Å². The Labute approximate surface area is 110 Å². The van der Waals surface area contributed by atoms with Crippen molar-refractivity contribution >= 4 is 0 Å². The zero-order valence-corrected chi connectivity index (χ0v) is 11.5. The number of rotatable bonds is 5. The van der Waals surface area contributed by atoms with E-state index < -0.39 is 0 Å². The summed E-state index contributed by atoms with van der Waals surface area (Å²) in [5, 5.41) is 3.43. The van der Waals surface area contributed by atoms with Crippen LogP contribution >= 0.6 is 0 Å². The molecule has 18 heavy (non-hydrogen) atoms. The third-order valence-corrected chi connectivity index (χ3v) is 3.69. The third-order valence-electron chi connectivity index (χ3n) is 3.69. The number of nitrogens with zero attached hydrogens (tertiary/aromatic N) is 3. The number of hydrogen-bond acceptors (Lipinski definition) is 4. The number of nitrogens with one attached hydrogen (secondary N) is 1. The molecule has 1 aliphatic heterocycles. The van der Waals surface area contributed by atoms with Crippen LogP contribution in [0.2, 0.25) is 0 Å². The average Bonchev–Trinajstić information content (AvgIpc) is 2.40. The van der Waals surface area contributed by atoms with Gasteiger partial charge in [-0.2, -0.15) is 0 Å². The molecule has 4 nitrogen and oxygen atoms in total. The molecule has 2 heterocycles. The van der Waals surface area contributed by atoms with Crippen molar-refractivity contribution in [1.82, 2.24) is 20.2 Å². The Morgan fingerprint density at radius 3 is 2.78 bits per heavy atom. The molecule has 0 aliphatic carbocycles. The lowest BCUT2D eigenvalue weighted by atomic mass is 9.97. The van der Waals surface area contributed by atoms with Gasteiger partial charge in [0.25, 0.3) is 0 Å². The molecule has 1 fully saturated rings. The molecule has 1 saturated heterocycles. The lowest BCUT2D eigenvalue weighted by Gasteiger charge is -2.32. The van der Waals surface area contributed by atoms with Gasteiger partial charge in [0.1, 0.15) is 6.33 Å². The highest BCUT2D eigenvalue weighted by molar-refractivity contribution is 4.98. The Bertz CT molecular complexity index is 333. The van der Waals surface area contributed by atoms with Crippen LogP contribution in [0.5, 0.6) is 0 Å². The molecular formula is C14H24N4. The van der Waals surface area contributed by atoms with E-state index in [9.17, 15) is 0 Å². The van der Waals surface area contributed by atoms with Gasteiger partial charge in [0.15, 0.2) is 0 Å². The second-order valence-electron chi connectivity index (χ2n) is 5.42. The molecule has 0 amide bonds. The average molecular weight is 248 g/mol. The van der Waals surface area contributed by atoms with Gasteiger partial charge in [-0.25, -0.2) is 9.97 Å². The quantitative estimate of drug-likeness (QED) is 0.861. The summed E-state index contributed by atoms with van der Waals surface area (Å²) in [5.41, 5.74) is 1.12. The molecule has 100 valence electrons. The first-order valence-corrected chi connectivity index (χ1v) is 6.95. The van der Waals surface area contributed by atoms with Crippen molar-refractivity contribution in [2.24, 2.45) is 5.92 Å². The van der Waals surface area contributed by atoms with E-state index in [1.165, 1.54) is 32.5 Å². The van der Waals surface area contributed by atoms with Gasteiger partial charge >= 0.3 is 0 Å². The third kappa shape index (κ3) is 4.03. The Morgan fingerprint density at radius 1 is 1.39 bits per heavy atom. The van der Waals surface area contributed by atoms with Gasteiger partial charge in [-0.15, -0.1) is 0 Å². The molecular weight excluding hydrogens is 224 g/mol. The maximum Gasteiger partial charge on any atom is 0.115 e. The van der Waals surface area contributed by atoms with Crippen molar-refractivity contribution in [3.05, 3.63) is 24.3 Å². The van der Waals surface area contributed by atoms with Crippen LogP contribution in [0.15, 0.2) is 18.6 Å². The summed E-state index contributed by atoms with van der Waals surface area (Å²) in [5.74, 6) is 0.829. The van der Waals surface area contributed by atoms with Crippen molar-refractivity contribution in [3.63, 3.8) is 0 Å². The van der Waals surface area contributed by atoms with E-state index >= 15 is 0 Å². The minimum absolute atomic E-state index is 0.565. The molecule has 0 aromatic carbocycles. The highest BCUT2D eigenvalue weighted by atomic mass is 15.2. The fourth-order valence-electron chi connectivity index (χ4n) is 2.47. The van der Waals surface area contributed by atoms with Gasteiger partial charge in [-0.3, -0.25) is 4.90 Å². The summed E-state index contributed by atoms with van der Waals surface area (Å²) in [7, 11) is 0. The van der Waals surface area contributed by atoms with Gasteiger partial charge in [0, 0.05) is 25.3 Å². The van der Waals surface area contributed by atoms with Crippen molar-refractivity contribution < 1.29 is 0 Å². The Hall–Kier alpha value is -1.00. The maximum atomic E-state index is 4.33. The molecule has 1 aromatic heterocycles. The standard InChI is InChI=1S/C14H24N4/c1-12(2)18(9-13-3-6-15-7-4-13)10-14-5-8-16-11-17-14/h5,8,11-13,15H,3-4,6-7,9-10H2,1-2H3. The molecule has 0 atom stereocenters. The fourth-order valence-corrected chi connectivity index (χ4v) is 2.47. The summed E-state index contributed by atoms with van der Waals surface area (Å²) < 4.78 is 0. The topological polar surface area (TPSA) is 41.1 Å². The van der Waals surface area contributed by atoms with E-state index in [0.717, 1.165) is 18.2 Å². The highest BCUT2D eigenvalue weighted by Gasteiger charge is 2.19. The van der Waals surface area contributed by atoms with Crippen LogP contribution in [0, 0.1) is 5.92 Å². The summed E-state index contributed by atoms with van der Waals surface area (Å²) in [6, 6.07) is 2.58. The van der Waals surface area contributed by atoms with Crippen LogP contribution in [-0.4, -0.2) is 40.5 Å². The van der Waals surface area contributed by atoms with Gasteiger partial charge in [-0.05, 0) is 51.8 Å². The number of aromatic nitrogens is 2. The molecule has 1 aromatic rings. The zero-order chi connectivity index (χ0) is 12.8. The Kier molecular flexibility index (Phi) is 5.08. The second kappa shape index (κ2) is 6.81. The van der Waals surface area contributed by atoms with Crippen LogP contribution in [0.1, 0.15) is 32.4 Å². The highest BCUT2D eigenvalue weighted by Crippen LogP contribution is 2.16. The number of piperidine rings is 1. The zero-order valence-electron chi connectivity index (χ0n) is 11.5. The first kappa shape index (κ1) is 13.4. The molecule has 2 rings (SSSR count). The van der Waals surface area contributed by atoms with Crippen molar-refractivity contribution in [2.45, 2.75) is 39.3 Å². The molecule has 4 heteroatoms. The smallest absolute Gasteiger partial charge is 0.115 e. The predicted molar refractivity (Wildman–Crippen MR) is 73.2 cm³/mol. The largest absolute Gasteiger partial charge is 0.317 e. The van der Waals surface area contributed by atoms with Gasteiger partial charge in [-0.1, -0.05) is 0 Å². The molecule has 1 aliphatic rings. The van der Waals surface area contributed by atoms with Crippen LogP contribution < -0.4 is 5.32 Å². The molecule has 0 saturated carbocycles. The van der Waals surface area contributed by atoms with E-state index in [1.807, 2.05) is 12.3 Å². The summed E-state index contributed by atoms with van der Waals surface area (Å²) in [6.07, 6.45) is 6.06. The lowest BCUT2D eigenvalue weighted by Crippen LogP contribution is -2.39. The van der Waals surface area contributed by atoms with Crippen molar-refractivity contribution in [2.75, 3.05) is 19.6 Å².